The summed E-state index contributed by atoms with van der Waals surface area (Å²) >= 11 is 0. The number of fused-ring (bicyclic) bond motifs is 2. The van der Waals surface area contributed by atoms with Gasteiger partial charge in [-0.15, -0.1) is 0 Å². The first-order chi connectivity index (χ1) is 24.7. The van der Waals surface area contributed by atoms with E-state index in [0.29, 0.717) is 28.5 Å². The van der Waals surface area contributed by atoms with Crippen LogP contribution in [0, 0.1) is 0 Å². The standard InChI is InChI=1S/C22H25N3O2.C17H16N2O4S/c26-20-14-17(13-19-21(20)23-15-24-22(19)27)18-9-2-1-7-16(18)8-3-4-10-25-11-5-6-12-25;1-2-7-24(22,23)15-6-4-3-5-12(15)11-8-13-16(14(20)9-11)18-10-19-17(13)21/h1-2,7,9,13-15,26H,3-6,8,10-12H2,(H,23,24,27);3-6,8-10,20H,2,7H2,1H3,(H,18,19,21). The van der Waals surface area contributed by atoms with Crippen LogP contribution in [-0.4, -0.2) is 68.9 Å². The van der Waals surface area contributed by atoms with Crippen LogP contribution in [0.15, 0.2) is 99.9 Å². The number of nitrogens with one attached hydrogen (secondary N) is 2. The van der Waals surface area contributed by atoms with Crippen molar-refractivity contribution in [2.45, 2.75) is 50.3 Å². The Morgan fingerprint density at radius 1 is 0.745 bits per heavy atom. The van der Waals surface area contributed by atoms with Crippen molar-refractivity contribution in [1.29, 1.82) is 0 Å². The lowest BCUT2D eigenvalue weighted by Crippen LogP contribution is -2.20. The molecule has 2 aromatic heterocycles. The first kappa shape index (κ1) is 35.5. The average Bonchev–Trinajstić information content (AvgIpc) is 3.65. The molecule has 7 rings (SSSR count). The van der Waals surface area contributed by atoms with Crippen LogP contribution in [0.3, 0.4) is 0 Å². The number of aryl methyl sites for hydroxylation is 1. The molecule has 12 heteroatoms. The normalized spacial score (nSPS) is 13.4. The smallest absolute Gasteiger partial charge is 0.258 e. The maximum atomic E-state index is 12.5. The molecule has 1 fully saturated rings. The van der Waals surface area contributed by atoms with Gasteiger partial charge in [-0.1, -0.05) is 49.4 Å². The molecule has 4 aromatic carbocycles. The van der Waals surface area contributed by atoms with Gasteiger partial charge in [-0.2, -0.15) is 0 Å². The predicted molar refractivity (Wildman–Crippen MR) is 200 cm³/mol. The van der Waals surface area contributed by atoms with E-state index in [1.807, 2.05) is 12.1 Å². The molecular weight excluding hydrogens is 667 g/mol. The number of phenols is 2. The average molecular weight is 708 g/mol. The minimum atomic E-state index is -3.45. The maximum absolute atomic E-state index is 12.5. The zero-order chi connectivity index (χ0) is 36.0. The number of sulfone groups is 1. The van der Waals surface area contributed by atoms with E-state index < -0.39 is 15.4 Å². The number of benzene rings is 4. The molecule has 4 N–H and O–H groups in total. The number of unbranched alkanes of at least 4 members (excludes halogenated alkanes) is 1. The number of hydrogen-bond donors (Lipinski definition) is 4. The molecule has 0 spiro atoms. The highest BCUT2D eigenvalue weighted by Crippen LogP contribution is 2.34. The zero-order valence-corrected chi connectivity index (χ0v) is 29.2. The van der Waals surface area contributed by atoms with Crippen molar-refractivity contribution in [1.82, 2.24) is 24.8 Å². The van der Waals surface area contributed by atoms with E-state index in [9.17, 15) is 28.2 Å². The molecule has 1 saturated heterocycles. The fourth-order valence-electron chi connectivity index (χ4n) is 6.67. The van der Waals surface area contributed by atoms with Crippen molar-refractivity contribution < 1.29 is 18.6 Å². The van der Waals surface area contributed by atoms with Crippen molar-refractivity contribution in [3.05, 3.63) is 112 Å². The Hall–Kier alpha value is -5.33. The highest BCUT2D eigenvalue weighted by Gasteiger charge is 2.20. The SMILES string of the molecule is CCCS(=O)(=O)c1ccccc1-c1cc(O)c2nc[nH]c(=O)c2c1.O=c1[nH]cnc2c(O)cc(-c3ccccc3CCCCN3CCCC3)cc12. The number of rotatable bonds is 10. The van der Waals surface area contributed by atoms with Gasteiger partial charge in [-0.05, 0) is 111 Å². The van der Waals surface area contributed by atoms with Gasteiger partial charge in [0.05, 0.1) is 34.1 Å². The second-order valence-corrected chi connectivity index (χ2v) is 14.8. The van der Waals surface area contributed by atoms with E-state index in [1.54, 1.807) is 37.3 Å². The Bertz CT molecular complexity index is 2400. The molecule has 1 aliphatic rings. The minimum Gasteiger partial charge on any atom is -0.506 e. The summed E-state index contributed by atoms with van der Waals surface area (Å²) in [6, 6.07) is 21.3. The molecular formula is C39H41N5O6S. The molecule has 0 radical (unpaired) electrons. The summed E-state index contributed by atoms with van der Waals surface area (Å²) in [5.74, 6) is -0.0974. The molecule has 0 saturated carbocycles. The number of nitrogens with zero attached hydrogens (tertiary/aromatic N) is 3. The summed E-state index contributed by atoms with van der Waals surface area (Å²) in [5.41, 5.74) is 3.96. The van der Waals surface area contributed by atoms with E-state index in [1.165, 1.54) is 69.2 Å². The lowest BCUT2D eigenvalue weighted by Gasteiger charge is -2.15. The molecule has 0 aliphatic carbocycles. The Morgan fingerprint density at radius 3 is 1.90 bits per heavy atom. The Morgan fingerprint density at radius 2 is 1.29 bits per heavy atom. The number of aromatic nitrogens is 4. The Labute approximate surface area is 295 Å². The van der Waals surface area contributed by atoms with Crippen LogP contribution in [-0.2, 0) is 16.3 Å². The summed E-state index contributed by atoms with van der Waals surface area (Å²) in [6.07, 6.45) is 9.03. The Balaban J connectivity index is 0.000000177. The summed E-state index contributed by atoms with van der Waals surface area (Å²) in [6.45, 7) is 5.47. The molecule has 51 heavy (non-hydrogen) atoms. The highest BCUT2D eigenvalue weighted by molar-refractivity contribution is 7.91. The maximum Gasteiger partial charge on any atom is 0.258 e. The minimum absolute atomic E-state index is 0.0334. The van der Waals surface area contributed by atoms with Gasteiger partial charge in [0, 0.05) is 5.56 Å². The molecule has 6 aromatic rings. The fraction of sp³-hybridized carbons (Fsp3) is 0.282. The quantitative estimate of drug-likeness (QED) is 0.121. The molecule has 0 unspecified atom stereocenters. The van der Waals surface area contributed by atoms with Crippen molar-refractivity contribution in [2.75, 3.05) is 25.4 Å². The first-order valence-electron chi connectivity index (χ1n) is 17.2. The number of hydrogen-bond acceptors (Lipinski definition) is 9. The van der Waals surface area contributed by atoms with Gasteiger partial charge in [0.15, 0.2) is 9.84 Å². The monoisotopic (exact) mass is 707 g/mol. The lowest BCUT2D eigenvalue weighted by atomic mass is 9.95. The summed E-state index contributed by atoms with van der Waals surface area (Å²) in [7, 11) is -3.45. The topological polar surface area (TPSA) is 169 Å². The molecule has 0 bridgehead atoms. The molecule has 1 aliphatic heterocycles. The highest BCUT2D eigenvalue weighted by atomic mass is 32.2. The number of likely N-dealkylation sites (tertiary alicyclic amines) is 1. The van der Waals surface area contributed by atoms with Crippen LogP contribution in [0.2, 0.25) is 0 Å². The van der Waals surface area contributed by atoms with Crippen LogP contribution in [0.25, 0.3) is 44.1 Å². The molecule has 0 atom stereocenters. The van der Waals surface area contributed by atoms with Crippen molar-refractivity contribution in [3.8, 4) is 33.8 Å². The van der Waals surface area contributed by atoms with Crippen molar-refractivity contribution in [2.24, 2.45) is 0 Å². The predicted octanol–water partition coefficient (Wildman–Crippen LogP) is 6.19. The van der Waals surface area contributed by atoms with E-state index in [4.69, 9.17) is 0 Å². The van der Waals surface area contributed by atoms with Gasteiger partial charge in [0.1, 0.15) is 22.5 Å². The Kier molecular flexibility index (Phi) is 10.9. The number of phenolic OH excluding ortho intramolecular Hbond substituents is 2. The van der Waals surface area contributed by atoms with Gasteiger partial charge in [0.25, 0.3) is 11.1 Å². The summed E-state index contributed by atoms with van der Waals surface area (Å²) < 4.78 is 25.0. The zero-order valence-electron chi connectivity index (χ0n) is 28.4. The van der Waals surface area contributed by atoms with Crippen LogP contribution < -0.4 is 11.1 Å². The third-order valence-corrected chi connectivity index (χ3v) is 11.1. The van der Waals surface area contributed by atoms with Crippen molar-refractivity contribution >= 4 is 31.6 Å². The number of H-pyrrole nitrogens is 2. The molecule has 11 nitrogen and oxygen atoms in total. The third-order valence-electron chi connectivity index (χ3n) is 9.15. The van der Waals surface area contributed by atoms with Crippen LogP contribution in [0.4, 0.5) is 0 Å². The van der Waals surface area contributed by atoms with Crippen LogP contribution in [0.1, 0.15) is 44.6 Å². The summed E-state index contributed by atoms with van der Waals surface area (Å²) in [4.78, 5) is 39.9. The lowest BCUT2D eigenvalue weighted by molar-refractivity contribution is 0.330. The molecule has 264 valence electrons. The van der Waals surface area contributed by atoms with Gasteiger partial charge < -0.3 is 25.1 Å². The molecule has 0 amide bonds. The van der Waals surface area contributed by atoms with Gasteiger partial charge in [-0.3, -0.25) is 9.59 Å². The van der Waals surface area contributed by atoms with E-state index in [2.05, 4.69) is 43.0 Å². The molecule has 3 heterocycles. The van der Waals surface area contributed by atoms with Gasteiger partial charge in [-0.25, -0.2) is 18.4 Å². The van der Waals surface area contributed by atoms with Gasteiger partial charge >= 0.3 is 0 Å². The van der Waals surface area contributed by atoms with Crippen molar-refractivity contribution in [3.63, 3.8) is 0 Å². The van der Waals surface area contributed by atoms with E-state index >= 15 is 0 Å². The summed E-state index contributed by atoms with van der Waals surface area (Å²) in [5, 5.41) is 21.1. The van der Waals surface area contributed by atoms with E-state index in [-0.39, 0.29) is 38.6 Å². The van der Waals surface area contributed by atoms with Crippen LogP contribution in [0.5, 0.6) is 11.5 Å². The first-order valence-corrected chi connectivity index (χ1v) is 18.8. The number of aromatic amines is 2. The number of aromatic hydroxyl groups is 2. The van der Waals surface area contributed by atoms with Gasteiger partial charge in [0.2, 0.25) is 0 Å². The fourth-order valence-corrected chi connectivity index (χ4v) is 8.23. The second kappa shape index (κ2) is 15.7. The third kappa shape index (κ3) is 8.03. The second-order valence-electron chi connectivity index (χ2n) is 12.7. The van der Waals surface area contributed by atoms with Crippen LogP contribution >= 0.6 is 0 Å². The largest absolute Gasteiger partial charge is 0.506 e. The van der Waals surface area contributed by atoms with E-state index in [0.717, 1.165) is 24.0 Å².